The topological polar surface area (TPSA) is 56.8 Å². The van der Waals surface area contributed by atoms with Crippen LogP contribution in [-0.2, 0) is 4.74 Å². The monoisotopic (exact) mass is 363 g/mol. The van der Waals surface area contributed by atoms with E-state index in [0.717, 1.165) is 19.4 Å². The Morgan fingerprint density at radius 2 is 1.96 bits per heavy atom. The number of anilines is 1. The number of halogens is 2. The number of rotatable bonds is 7. The summed E-state index contributed by atoms with van der Waals surface area (Å²) in [7, 11) is 0. The summed E-state index contributed by atoms with van der Waals surface area (Å²) in [5, 5.41) is 2.57. The summed E-state index contributed by atoms with van der Waals surface area (Å²) >= 11 is 0. The van der Waals surface area contributed by atoms with E-state index < -0.39 is 12.5 Å². The van der Waals surface area contributed by atoms with E-state index in [9.17, 15) is 13.6 Å². The highest BCUT2D eigenvalue weighted by Gasteiger charge is 2.16. The number of alkyl halides is 2. The van der Waals surface area contributed by atoms with Crippen LogP contribution in [-0.4, -0.2) is 31.8 Å². The van der Waals surface area contributed by atoms with Crippen LogP contribution >= 0.6 is 0 Å². The van der Waals surface area contributed by atoms with Crippen molar-refractivity contribution in [3.63, 3.8) is 0 Å². The van der Waals surface area contributed by atoms with Crippen molar-refractivity contribution >= 4 is 11.6 Å². The van der Waals surface area contributed by atoms with Gasteiger partial charge in [-0.2, -0.15) is 8.78 Å². The molecule has 1 heterocycles. The fourth-order valence-electron chi connectivity index (χ4n) is 2.63. The molecule has 1 fully saturated rings. The minimum absolute atomic E-state index is 0.0904. The fourth-order valence-corrected chi connectivity index (χ4v) is 2.63. The molecule has 1 N–H and O–H groups in total. The van der Waals surface area contributed by atoms with E-state index in [1.807, 2.05) is 0 Å². The third kappa shape index (κ3) is 4.92. The average Bonchev–Trinajstić information content (AvgIpc) is 3.15. The lowest BCUT2D eigenvalue weighted by Gasteiger charge is -2.13. The smallest absolute Gasteiger partial charge is 0.387 e. The summed E-state index contributed by atoms with van der Waals surface area (Å²) in [6.07, 6.45) is 2.15. The molecule has 1 saturated heterocycles. The molecule has 1 aliphatic rings. The number of para-hydroxylation sites is 2. The predicted octanol–water partition coefficient (Wildman–Crippen LogP) is 4.10. The lowest BCUT2D eigenvalue weighted by molar-refractivity contribution is -0.0493. The summed E-state index contributed by atoms with van der Waals surface area (Å²) in [5.74, 6) is 0.117. The number of ether oxygens (including phenoxy) is 3. The molecule has 2 aromatic rings. The quantitative estimate of drug-likeness (QED) is 0.805. The maximum atomic E-state index is 12.4. The highest BCUT2D eigenvalue weighted by molar-refractivity contribution is 6.05. The number of carbonyl (C=O) groups is 1. The molecule has 0 aliphatic carbocycles. The van der Waals surface area contributed by atoms with Gasteiger partial charge in [0.25, 0.3) is 5.91 Å². The van der Waals surface area contributed by atoms with Gasteiger partial charge in [0.05, 0.1) is 11.8 Å². The van der Waals surface area contributed by atoms with Crippen LogP contribution in [0.25, 0.3) is 0 Å². The number of hydrogen-bond acceptors (Lipinski definition) is 4. The first-order chi connectivity index (χ1) is 12.6. The van der Waals surface area contributed by atoms with Crippen LogP contribution in [0.1, 0.15) is 23.2 Å². The van der Waals surface area contributed by atoms with Gasteiger partial charge < -0.3 is 19.5 Å². The van der Waals surface area contributed by atoms with Crippen LogP contribution in [0.5, 0.6) is 11.5 Å². The Morgan fingerprint density at radius 3 is 2.65 bits per heavy atom. The fraction of sp³-hybridized carbons (Fsp3) is 0.316. The largest absolute Gasteiger partial charge is 0.491 e. The number of benzene rings is 2. The average molecular weight is 363 g/mol. The van der Waals surface area contributed by atoms with Gasteiger partial charge in [-0.15, -0.1) is 0 Å². The molecular formula is C19H19F2NO4. The van der Waals surface area contributed by atoms with Crippen molar-refractivity contribution in [1.82, 2.24) is 0 Å². The Hall–Kier alpha value is -2.67. The zero-order valence-corrected chi connectivity index (χ0v) is 14.0. The van der Waals surface area contributed by atoms with Gasteiger partial charge in [0.1, 0.15) is 18.1 Å². The molecule has 1 atom stereocenters. The van der Waals surface area contributed by atoms with Crippen LogP contribution in [0.3, 0.4) is 0 Å². The van der Waals surface area contributed by atoms with E-state index in [-0.39, 0.29) is 17.5 Å². The minimum Gasteiger partial charge on any atom is -0.491 e. The maximum absolute atomic E-state index is 12.4. The molecule has 7 heteroatoms. The predicted molar refractivity (Wildman–Crippen MR) is 91.9 cm³/mol. The first-order valence-corrected chi connectivity index (χ1v) is 8.31. The molecule has 138 valence electrons. The molecule has 5 nitrogen and oxygen atoms in total. The standard InChI is InChI=1S/C19H19F2NO4/c20-19(21)26-17-6-2-1-5-16(17)22-18(23)13-7-9-14(10-8-13)25-12-15-4-3-11-24-15/h1-2,5-10,15,19H,3-4,11-12H2,(H,22,23)/t15-/m0/s1. The van der Waals surface area contributed by atoms with E-state index in [1.54, 1.807) is 36.4 Å². The van der Waals surface area contributed by atoms with Gasteiger partial charge in [-0.05, 0) is 49.2 Å². The number of nitrogens with one attached hydrogen (secondary N) is 1. The molecule has 1 aliphatic heterocycles. The van der Waals surface area contributed by atoms with Gasteiger partial charge in [-0.1, -0.05) is 12.1 Å². The van der Waals surface area contributed by atoms with Crippen LogP contribution in [0, 0.1) is 0 Å². The molecular weight excluding hydrogens is 344 g/mol. The molecule has 0 saturated carbocycles. The molecule has 0 radical (unpaired) electrons. The molecule has 0 bridgehead atoms. The third-order valence-electron chi connectivity index (χ3n) is 3.93. The molecule has 0 spiro atoms. The van der Waals surface area contributed by atoms with Crippen molar-refractivity contribution in [2.75, 3.05) is 18.5 Å². The first kappa shape index (κ1) is 18.1. The maximum Gasteiger partial charge on any atom is 0.387 e. The first-order valence-electron chi connectivity index (χ1n) is 8.31. The van der Waals surface area contributed by atoms with Crippen molar-refractivity contribution in [3.8, 4) is 11.5 Å². The van der Waals surface area contributed by atoms with Gasteiger partial charge in [0.2, 0.25) is 0 Å². The van der Waals surface area contributed by atoms with Gasteiger partial charge >= 0.3 is 6.61 Å². The number of carbonyl (C=O) groups excluding carboxylic acids is 1. The summed E-state index contributed by atoms with van der Waals surface area (Å²) in [6, 6.07) is 12.6. The second kappa shape index (κ2) is 8.62. The Morgan fingerprint density at radius 1 is 1.19 bits per heavy atom. The highest BCUT2D eigenvalue weighted by atomic mass is 19.3. The molecule has 2 aromatic carbocycles. The second-order valence-electron chi connectivity index (χ2n) is 5.80. The number of hydrogen-bond donors (Lipinski definition) is 1. The Bertz CT molecular complexity index is 731. The van der Waals surface area contributed by atoms with Crippen LogP contribution in [0.4, 0.5) is 14.5 Å². The highest BCUT2D eigenvalue weighted by Crippen LogP contribution is 2.26. The zero-order chi connectivity index (χ0) is 18.4. The Labute approximate surface area is 149 Å². The van der Waals surface area contributed by atoms with Crippen molar-refractivity contribution in [2.45, 2.75) is 25.6 Å². The molecule has 3 rings (SSSR count). The summed E-state index contributed by atoms with van der Waals surface area (Å²) < 4.78 is 40.4. The third-order valence-corrected chi connectivity index (χ3v) is 3.93. The van der Waals surface area contributed by atoms with Gasteiger partial charge in [-0.3, -0.25) is 4.79 Å². The van der Waals surface area contributed by atoms with Crippen LogP contribution in [0.15, 0.2) is 48.5 Å². The van der Waals surface area contributed by atoms with Crippen LogP contribution in [0.2, 0.25) is 0 Å². The molecule has 1 amide bonds. The minimum atomic E-state index is -2.96. The van der Waals surface area contributed by atoms with Crippen LogP contribution < -0.4 is 14.8 Å². The number of amides is 1. The molecule has 0 unspecified atom stereocenters. The van der Waals surface area contributed by atoms with E-state index in [1.165, 1.54) is 12.1 Å². The van der Waals surface area contributed by atoms with Crippen molar-refractivity contribution < 1.29 is 27.8 Å². The van der Waals surface area contributed by atoms with E-state index in [4.69, 9.17) is 9.47 Å². The van der Waals surface area contributed by atoms with E-state index in [2.05, 4.69) is 10.1 Å². The second-order valence-corrected chi connectivity index (χ2v) is 5.80. The zero-order valence-electron chi connectivity index (χ0n) is 14.0. The summed E-state index contributed by atoms with van der Waals surface area (Å²) in [6.45, 7) is -1.72. The van der Waals surface area contributed by atoms with Gasteiger partial charge in [0.15, 0.2) is 0 Å². The normalized spacial score (nSPS) is 16.5. The van der Waals surface area contributed by atoms with Crippen molar-refractivity contribution in [1.29, 1.82) is 0 Å². The van der Waals surface area contributed by atoms with Gasteiger partial charge in [0, 0.05) is 12.2 Å². The SMILES string of the molecule is O=C(Nc1ccccc1OC(F)F)c1ccc(OC[C@@H]2CCCO2)cc1. The Kier molecular flexibility index (Phi) is 6.01. The molecule has 0 aromatic heterocycles. The van der Waals surface area contributed by atoms with Crippen molar-refractivity contribution in [3.05, 3.63) is 54.1 Å². The van der Waals surface area contributed by atoms with Crippen molar-refractivity contribution in [2.24, 2.45) is 0 Å². The van der Waals surface area contributed by atoms with E-state index >= 15 is 0 Å². The Balaban J connectivity index is 1.59. The lowest BCUT2D eigenvalue weighted by atomic mass is 10.2. The van der Waals surface area contributed by atoms with E-state index in [0.29, 0.717) is 17.9 Å². The summed E-state index contributed by atoms with van der Waals surface area (Å²) in [4.78, 5) is 12.3. The molecule has 26 heavy (non-hydrogen) atoms. The summed E-state index contributed by atoms with van der Waals surface area (Å²) in [5.41, 5.74) is 0.554. The van der Waals surface area contributed by atoms with Gasteiger partial charge in [-0.25, -0.2) is 0 Å². The lowest BCUT2D eigenvalue weighted by Crippen LogP contribution is -2.16.